The smallest absolute Gasteiger partial charge is 0.258 e. The normalized spacial score (nSPS) is 16.2. The van der Waals surface area contributed by atoms with E-state index in [9.17, 15) is 4.39 Å². The van der Waals surface area contributed by atoms with Gasteiger partial charge in [-0.05, 0) is 55.9 Å². The Morgan fingerprint density at radius 3 is 2.75 bits per heavy atom. The van der Waals surface area contributed by atoms with Crippen LogP contribution in [0.4, 0.5) is 4.39 Å². The number of aromatic nitrogens is 2. The molecule has 0 radical (unpaired) electrons. The number of allylic oxidation sites excluding steroid dienone is 1. The summed E-state index contributed by atoms with van der Waals surface area (Å²) in [7, 11) is 0. The molecule has 0 saturated carbocycles. The van der Waals surface area contributed by atoms with Gasteiger partial charge in [-0.2, -0.15) is 4.98 Å². The van der Waals surface area contributed by atoms with Crippen LogP contribution < -0.4 is 10.1 Å². The molecule has 0 saturated heterocycles. The number of nitrogens with zero attached hydrogens (tertiary/aromatic N) is 3. The Morgan fingerprint density at radius 2 is 2.06 bits per heavy atom. The molecule has 0 amide bonds. The van der Waals surface area contributed by atoms with E-state index in [2.05, 4.69) is 22.0 Å². The van der Waals surface area contributed by atoms with Gasteiger partial charge in [0.25, 0.3) is 5.89 Å². The number of rotatable bonds is 7. The lowest BCUT2D eigenvalue weighted by Crippen LogP contribution is -2.45. The molecule has 1 aliphatic heterocycles. The van der Waals surface area contributed by atoms with Crippen LogP contribution in [0.15, 0.2) is 71.4 Å². The summed E-state index contributed by atoms with van der Waals surface area (Å²) in [5.41, 5.74) is 3.17. The topological polar surface area (TPSA) is 63.4 Å². The lowest BCUT2D eigenvalue weighted by atomic mass is 9.94. The number of hydrogen-bond acceptors (Lipinski definition) is 5. The van der Waals surface area contributed by atoms with Gasteiger partial charge in [0.2, 0.25) is 5.82 Å². The molecule has 6 nitrogen and oxygen atoms in total. The zero-order valence-corrected chi connectivity index (χ0v) is 18.7. The van der Waals surface area contributed by atoms with E-state index in [0.717, 1.165) is 22.6 Å². The molecule has 0 aliphatic carbocycles. The molecule has 1 aromatic heterocycles. The van der Waals surface area contributed by atoms with Crippen molar-refractivity contribution in [1.82, 2.24) is 20.4 Å². The Balaban J connectivity index is 1.78. The number of thiocarbonyl (C=S) groups is 1. The maximum absolute atomic E-state index is 13.7. The fourth-order valence-corrected chi connectivity index (χ4v) is 3.99. The molecule has 4 rings (SSSR count). The molecular weight excluding hydrogens is 427 g/mol. The fraction of sp³-hybridized carbons (Fsp3) is 0.208. The lowest BCUT2D eigenvalue weighted by Gasteiger charge is -2.36. The van der Waals surface area contributed by atoms with Gasteiger partial charge in [-0.1, -0.05) is 35.5 Å². The zero-order chi connectivity index (χ0) is 22.7. The summed E-state index contributed by atoms with van der Waals surface area (Å²) in [5, 5.41) is 8.05. The van der Waals surface area contributed by atoms with Crippen LogP contribution in [0.3, 0.4) is 0 Å². The second-order valence-corrected chi connectivity index (χ2v) is 7.60. The number of nitrogens with one attached hydrogen (secondary N) is 1. The van der Waals surface area contributed by atoms with Crippen LogP contribution >= 0.6 is 12.2 Å². The van der Waals surface area contributed by atoms with Gasteiger partial charge in [0, 0.05) is 17.8 Å². The van der Waals surface area contributed by atoms with Gasteiger partial charge in [-0.15, -0.1) is 6.58 Å². The number of benzene rings is 2. The van der Waals surface area contributed by atoms with Crippen LogP contribution in [0.2, 0.25) is 0 Å². The van der Waals surface area contributed by atoms with Gasteiger partial charge in [-0.3, -0.25) is 0 Å². The molecule has 1 atom stereocenters. The maximum Gasteiger partial charge on any atom is 0.258 e. The quantitative estimate of drug-likeness (QED) is 0.396. The Bertz CT molecular complexity index is 1170. The van der Waals surface area contributed by atoms with Crippen LogP contribution in [0.1, 0.15) is 31.3 Å². The van der Waals surface area contributed by atoms with Crippen LogP contribution in [0.5, 0.6) is 5.75 Å². The maximum atomic E-state index is 13.7. The molecule has 1 aliphatic rings. The van der Waals surface area contributed by atoms with E-state index in [1.54, 1.807) is 18.2 Å². The van der Waals surface area contributed by atoms with Gasteiger partial charge in [0.05, 0.1) is 18.2 Å². The van der Waals surface area contributed by atoms with Crippen molar-refractivity contribution in [2.75, 3.05) is 13.2 Å². The first-order valence-corrected chi connectivity index (χ1v) is 10.6. The average Bonchev–Trinajstić information content (AvgIpc) is 3.27. The van der Waals surface area contributed by atoms with Gasteiger partial charge in [0.15, 0.2) is 5.11 Å². The van der Waals surface area contributed by atoms with E-state index in [1.165, 1.54) is 12.1 Å². The first-order chi connectivity index (χ1) is 15.5. The summed E-state index contributed by atoms with van der Waals surface area (Å²) < 4.78 is 24.9. The van der Waals surface area contributed by atoms with E-state index in [-0.39, 0.29) is 11.9 Å². The summed E-state index contributed by atoms with van der Waals surface area (Å²) in [6, 6.07) is 13.6. The van der Waals surface area contributed by atoms with Gasteiger partial charge in [0.1, 0.15) is 11.6 Å². The van der Waals surface area contributed by atoms with Crippen molar-refractivity contribution >= 4 is 22.9 Å². The minimum Gasteiger partial charge on any atom is -0.494 e. The Hall–Kier alpha value is -3.52. The highest BCUT2D eigenvalue weighted by molar-refractivity contribution is 7.80. The number of ether oxygens (including phenoxy) is 1. The van der Waals surface area contributed by atoms with Gasteiger partial charge in [-0.25, -0.2) is 4.39 Å². The third-order valence-corrected chi connectivity index (χ3v) is 5.51. The van der Waals surface area contributed by atoms with E-state index in [0.29, 0.717) is 35.5 Å². The van der Waals surface area contributed by atoms with Crippen LogP contribution in [0, 0.1) is 5.82 Å². The van der Waals surface area contributed by atoms with Crippen LogP contribution in [-0.2, 0) is 0 Å². The molecule has 0 fully saturated rings. The summed E-state index contributed by atoms with van der Waals surface area (Å²) in [4.78, 5) is 6.50. The Labute approximate surface area is 191 Å². The molecule has 8 heteroatoms. The summed E-state index contributed by atoms with van der Waals surface area (Å²) in [6.45, 7) is 8.85. The molecule has 2 heterocycles. The minimum absolute atomic E-state index is 0.306. The van der Waals surface area contributed by atoms with Crippen molar-refractivity contribution in [2.45, 2.75) is 19.9 Å². The fourth-order valence-electron chi connectivity index (χ4n) is 3.66. The van der Waals surface area contributed by atoms with E-state index < -0.39 is 0 Å². The molecule has 3 aromatic rings. The third-order valence-electron chi connectivity index (χ3n) is 5.17. The van der Waals surface area contributed by atoms with Crippen LogP contribution in [-0.4, -0.2) is 33.3 Å². The molecule has 32 heavy (non-hydrogen) atoms. The van der Waals surface area contributed by atoms with E-state index in [4.69, 9.17) is 21.5 Å². The van der Waals surface area contributed by atoms with Crippen molar-refractivity contribution in [3.8, 4) is 17.1 Å². The summed E-state index contributed by atoms with van der Waals surface area (Å²) >= 11 is 5.61. The Morgan fingerprint density at radius 1 is 1.28 bits per heavy atom. The molecule has 0 spiro atoms. The van der Waals surface area contributed by atoms with Crippen molar-refractivity contribution < 1.29 is 13.7 Å². The van der Waals surface area contributed by atoms with E-state index in [1.807, 2.05) is 43.0 Å². The summed E-state index contributed by atoms with van der Waals surface area (Å²) in [5.74, 6) is 1.08. The number of hydrogen-bond donors (Lipinski definition) is 1. The predicted octanol–water partition coefficient (Wildman–Crippen LogP) is 5.12. The first kappa shape index (κ1) is 21.7. The first-order valence-electron chi connectivity index (χ1n) is 10.2. The number of halogens is 1. The summed E-state index contributed by atoms with van der Waals surface area (Å²) in [6.07, 6.45) is 1.78. The van der Waals surface area contributed by atoms with Crippen LogP contribution in [0.25, 0.3) is 17.0 Å². The molecule has 164 valence electrons. The second-order valence-electron chi connectivity index (χ2n) is 7.22. The lowest BCUT2D eigenvalue weighted by molar-refractivity contribution is 0.340. The standard InChI is InChI=1S/C24H23FN4O2S/c1-4-13-29-15(3)20(23-27-22(28-31-23)17-7-6-8-18(25)14-17)21(26-24(29)32)16-9-11-19(12-10-16)30-5-2/h4,6-12,14,21H,1,5,13H2,2-3H3,(H,26,32). The van der Waals surface area contributed by atoms with Crippen molar-refractivity contribution in [3.63, 3.8) is 0 Å². The van der Waals surface area contributed by atoms with Crippen molar-refractivity contribution in [3.05, 3.63) is 84.2 Å². The van der Waals surface area contributed by atoms with E-state index >= 15 is 0 Å². The largest absolute Gasteiger partial charge is 0.494 e. The average molecular weight is 451 g/mol. The molecule has 1 unspecified atom stereocenters. The highest BCUT2D eigenvalue weighted by Gasteiger charge is 2.33. The SMILES string of the molecule is C=CCN1C(=S)NC(c2ccc(OCC)cc2)C(c2nc(-c3cccc(F)c3)no2)=C1C. The monoisotopic (exact) mass is 450 g/mol. The highest BCUT2D eigenvalue weighted by Crippen LogP contribution is 2.37. The molecule has 2 aromatic carbocycles. The second kappa shape index (κ2) is 9.32. The van der Waals surface area contributed by atoms with Crippen molar-refractivity contribution in [2.24, 2.45) is 0 Å². The van der Waals surface area contributed by atoms with Crippen molar-refractivity contribution in [1.29, 1.82) is 0 Å². The Kier molecular flexibility index (Phi) is 6.32. The van der Waals surface area contributed by atoms with Gasteiger partial charge < -0.3 is 19.5 Å². The zero-order valence-electron chi connectivity index (χ0n) is 17.8. The predicted molar refractivity (Wildman–Crippen MR) is 125 cm³/mol. The highest BCUT2D eigenvalue weighted by atomic mass is 32.1. The minimum atomic E-state index is -0.363. The molecule has 0 bridgehead atoms. The molecule has 1 N–H and O–H groups in total. The third kappa shape index (κ3) is 4.27. The van der Waals surface area contributed by atoms with Gasteiger partial charge >= 0.3 is 0 Å². The molecular formula is C24H23FN4O2S.